The normalized spacial score (nSPS) is 21.6. The van der Waals surface area contributed by atoms with Crippen molar-refractivity contribution < 1.29 is 9.59 Å². The van der Waals surface area contributed by atoms with Gasteiger partial charge in [0.05, 0.1) is 11.6 Å². The second-order valence-electron chi connectivity index (χ2n) is 4.67. The summed E-state index contributed by atoms with van der Waals surface area (Å²) in [5.74, 6) is -0.139. The van der Waals surface area contributed by atoms with Crippen molar-refractivity contribution in [2.75, 3.05) is 11.9 Å². The molecule has 0 saturated carbocycles. The number of amides is 3. The van der Waals surface area contributed by atoms with Crippen molar-refractivity contribution in [3.8, 4) is 0 Å². The van der Waals surface area contributed by atoms with Gasteiger partial charge in [0.15, 0.2) is 0 Å². The molecule has 2 heterocycles. The minimum atomic E-state index is -0.347. The summed E-state index contributed by atoms with van der Waals surface area (Å²) in [6.07, 6.45) is 0. The van der Waals surface area contributed by atoms with E-state index < -0.39 is 0 Å². The topological polar surface area (TPSA) is 61.4 Å². The van der Waals surface area contributed by atoms with Crippen molar-refractivity contribution in [1.82, 2.24) is 10.2 Å². The molecule has 1 atom stereocenters. The van der Waals surface area contributed by atoms with Crippen molar-refractivity contribution in [3.63, 3.8) is 0 Å². The van der Waals surface area contributed by atoms with Crippen molar-refractivity contribution >= 4 is 17.6 Å². The molecule has 1 aromatic carbocycles. The average molecular weight is 257 g/mol. The summed E-state index contributed by atoms with van der Waals surface area (Å²) in [7, 11) is 0. The van der Waals surface area contributed by atoms with Crippen molar-refractivity contribution in [3.05, 3.63) is 41.1 Å². The smallest absolute Gasteiger partial charge is 0.322 e. The van der Waals surface area contributed by atoms with Crippen LogP contribution in [0.1, 0.15) is 25.5 Å². The second-order valence-corrected chi connectivity index (χ2v) is 4.67. The summed E-state index contributed by atoms with van der Waals surface area (Å²) in [6, 6.07) is 7.04. The Morgan fingerprint density at radius 3 is 2.74 bits per heavy atom. The molecular weight excluding hydrogens is 242 g/mol. The van der Waals surface area contributed by atoms with E-state index in [-0.39, 0.29) is 18.0 Å². The lowest BCUT2D eigenvalue weighted by Crippen LogP contribution is -2.49. The molecule has 2 aliphatic rings. The van der Waals surface area contributed by atoms with Gasteiger partial charge in [-0.25, -0.2) is 4.79 Å². The van der Waals surface area contributed by atoms with Gasteiger partial charge >= 0.3 is 6.03 Å². The first kappa shape index (κ1) is 11.8. The Morgan fingerprint density at radius 2 is 2.00 bits per heavy atom. The zero-order chi connectivity index (χ0) is 13.6. The van der Waals surface area contributed by atoms with E-state index in [4.69, 9.17) is 0 Å². The number of anilines is 1. The van der Waals surface area contributed by atoms with E-state index in [2.05, 4.69) is 10.6 Å². The number of para-hydroxylation sites is 1. The second kappa shape index (κ2) is 4.12. The van der Waals surface area contributed by atoms with Crippen molar-refractivity contribution in [1.29, 1.82) is 0 Å². The minimum Gasteiger partial charge on any atom is -0.326 e. The molecule has 0 bridgehead atoms. The van der Waals surface area contributed by atoms with E-state index in [0.717, 1.165) is 16.9 Å². The third-order valence-corrected chi connectivity index (χ3v) is 3.68. The molecule has 0 aliphatic carbocycles. The highest BCUT2D eigenvalue weighted by atomic mass is 16.2. The van der Waals surface area contributed by atoms with Gasteiger partial charge in [0.25, 0.3) is 5.91 Å². The van der Waals surface area contributed by atoms with Crippen LogP contribution in [-0.4, -0.2) is 23.4 Å². The van der Waals surface area contributed by atoms with E-state index in [1.165, 1.54) is 0 Å². The first-order valence-electron chi connectivity index (χ1n) is 6.32. The third-order valence-electron chi connectivity index (χ3n) is 3.68. The number of benzene rings is 1. The molecular formula is C14H15N3O2. The lowest BCUT2D eigenvalue weighted by Gasteiger charge is -2.38. The molecule has 0 spiro atoms. The van der Waals surface area contributed by atoms with Gasteiger partial charge in [-0.3, -0.25) is 9.69 Å². The Bertz CT molecular complexity index is 606. The number of carbonyl (C=O) groups is 2. The Morgan fingerprint density at radius 1 is 1.26 bits per heavy atom. The molecule has 2 N–H and O–H groups in total. The summed E-state index contributed by atoms with van der Waals surface area (Å²) < 4.78 is 0. The summed E-state index contributed by atoms with van der Waals surface area (Å²) in [6.45, 7) is 4.25. The zero-order valence-electron chi connectivity index (χ0n) is 10.9. The molecule has 0 fully saturated rings. The number of carbonyl (C=O) groups excluding carboxylic acids is 2. The average Bonchev–Trinajstić information content (AvgIpc) is 2.38. The molecule has 0 saturated heterocycles. The number of urea groups is 1. The van der Waals surface area contributed by atoms with Gasteiger partial charge < -0.3 is 10.6 Å². The molecule has 1 aromatic rings. The molecule has 0 radical (unpaired) electrons. The fourth-order valence-electron chi connectivity index (χ4n) is 2.74. The molecule has 0 aromatic heterocycles. The molecule has 3 amide bonds. The van der Waals surface area contributed by atoms with Crippen LogP contribution in [0.2, 0.25) is 0 Å². The van der Waals surface area contributed by atoms with Gasteiger partial charge in [-0.2, -0.15) is 0 Å². The van der Waals surface area contributed by atoms with Crippen LogP contribution in [0.4, 0.5) is 10.5 Å². The van der Waals surface area contributed by atoms with Crippen LogP contribution in [0, 0.1) is 0 Å². The molecule has 3 rings (SSSR count). The molecule has 98 valence electrons. The maximum atomic E-state index is 12.2. The van der Waals surface area contributed by atoms with E-state index in [1.807, 2.05) is 38.1 Å². The number of allylic oxidation sites excluding steroid dienone is 1. The number of hydrogen-bond donors (Lipinski definition) is 2. The lowest BCUT2D eigenvalue weighted by atomic mass is 9.90. The monoisotopic (exact) mass is 257 g/mol. The summed E-state index contributed by atoms with van der Waals surface area (Å²) in [5.41, 5.74) is 3.04. The van der Waals surface area contributed by atoms with Crippen molar-refractivity contribution in [2.45, 2.75) is 19.9 Å². The van der Waals surface area contributed by atoms with Crippen molar-refractivity contribution in [2.24, 2.45) is 0 Å². The SMILES string of the molecule is CCN1C(=O)NC2C(=C1C)C(=O)Nc1ccccc12. The summed E-state index contributed by atoms with van der Waals surface area (Å²) in [5, 5.41) is 5.78. The Balaban J connectivity index is 2.18. The lowest BCUT2D eigenvalue weighted by molar-refractivity contribution is -0.113. The molecule has 2 aliphatic heterocycles. The number of nitrogens with one attached hydrogen (secondary N) is 2. The number of rotatable bonds is 1. The predicted octanol–water partition coefficient (Wildman–Crippen LogP) is 2.00. The molecule has 1 unspecified atom stereocenters. The van der Waals surface area contributed by atoms with Gasteiger partial charge in [0, 0.05) is 23.5 Å². The van der Waals surface area contributed by atoms with Crippen LogP contribution in [0.3, 0.4) is 0 Å². The van der Waals surface area contributed by atoms with Crippen LogP contribution in [0.15, 0.2) is 35.5 Å². The van der Waals surface area contributed by atoms with Gasteiger partial charge in [0.2, 0.25) is 0 Å². The first-order valence-corrected chi connectivity index (χ1v) is 6.32. The fourth-order valence-corrected chi connectivity index (χ4v) is 2.74. The fraction of sp³-hybridized carbons (Fsp3) is 0.286. The Kier molecular flexibility index (Phi) is 2.55. The minimum absolute atomic E-state index is 0.139. The van der Waals surface area contributed by atoms with E-state index in [9.17, 15) is 9.59 Å². The first-order chi connectivity index (χ1) is 9.13. The predicted molar refractivity (Wildman–Crippen MR) is 71.4 cm³/mol. The van der Waals surface area contributed by atoms with Gasteiger partial charge in [-0.05, 0) is 19.9 Å². The summed E-state index contributed by atoms with van der Waals surface area (Å²) >= 11 is 0. The zero-order valence-corrected chi connectivity index (χ0v) is 10.9. The maximum Gasteiger partial charge on any atom is 0.322 e. The van der Waals surface area contributed by atoms with Crippen LogP contribution in [-0.2, 0) is 4.79 Å². The largest absolute Gasteiger partial charge is 0.326 e. The quantitative estimate of drug-likeness (QED) is 0.808. The highest BCUT2D eigenvalue weighted by Crippen LogP contribution is 2.38. The molecule has 5 heteroatoms. The number of fused-ring (bicyclic) bond motifs is 3. The van der Waals surface area contributed by atoms with Gasteiger partial charge in [-0.1, -0.05) is 18.2 Å². The van der Waals surface area contributed by atoms with Crippen LogP contribution in [0.25, 0.3) is 0 Å². The van der Waals surface area contributed by atoms with Gasteiger partial charge in [0.1, 0.15) is 0 Å². The molecule has 19 heavy (non-hydrogen) atoms. The third kappa shape index (κ3) is 1.62. The Labute approximate surface area is 111 Å². The van der Waals surface area contributed by atoms with Crippen LogP contribution >= 0.6 is 0 Å². The van der Waals surface area contributed by atoms with Crippen LogP contribution < -0.4 is 10.6 Å². The van der Waals surface area contributed by atoms with Crippen LogP contribution in [0.5, 0.6) is 0 Å². The number of nitrogens with zero attached hydrogens (tertiary/aromatic N) is 1. The standard InChI is InChI=1S/C14H15N3O2/c1-3-17-8(2)11-12(16-14(17)19)9-6-4-5-7-10(9)15-13(11)18/h4-7,12H,3H2,1-2H3,(H,15,18)(H,16,19). The Hall–Kier alpha value is -2.30. The summed E-state index contributed by atoms with van der Waals surface area (Å²) in [4.78, 5) is 25.9. The highest BCUT2D eigenvalue weighted by Gasteiger charge is 2.38. The van der Waals surface area contributed by atoms with Gasteiger partial charge in [-0.15, -0.1) is 0 Å². The highest BCUT2D eigenvalue weighted by molar-refractivity contribution is 6.09. The maximum absolute atomic E-state index is 12.2. The van der Waals surface area contributed by atoms with E-state index in [1.54, 1.807) is 4.90 Å². The van der Waals surface area contributed by atoms with E-state index >= 15 is 0 Å². The number of hydrogen-bond acceptors (Lipinski definition) is 2. The molecule has 5 nitrogen and oxygen atoms in total. The van der Waals surface area contributed by atoms with E-state index in [0.29, 0.717) is 12.1 Å².